The number of hydrogen-bond acceptors (Lipinski definition) is 6. The molecule has 7 heteroatoms. The number of likely N-dealkylation sites (N-methyl/N-ethyl adjacent to an activating group) is 1. The number of aryl methyl sites for hydroxylation is 1. The zero-order valence-corrected chi connectivity index (χ0v) is 23.0. The van der Waals surface area contributed by atoms with E-state index in [1.54, 1.807) is 11.9 Å². The SMILES string of the molecule is Cc1cc2c(cc1/C=C1\SC(=Nc3ccc(N4CCOCC4)cc3)N(C)C1=O)C(C)CC(C)(C)N2C. The molecule has 2 aromatic rings. The zero-order chi connectivity index (χ0) is 25.6. The van der Waals surface area contributed by atoms with Crippen LogP contribution < -0.4 is 9.80 Å². The van der Waals surface area contributed by atoms with Crippen LogP contribution in [0.15, 0.2) is 46.3 Å². The van der Waals surface area contributed by atoms with Crippen molar-refractivity contribution < 1.29 is 9.53 Å². The Morgan fingerprint density at radius 3 is 2.50 bits per heavy atom. The molecule has 3 aliphatic heterocycles. The third-order valence-corrected chi connectivity index (χ3v) is 8.82. The summed E-state index contributed by atoms with van der Waals surface area (Å²) in [6, 6.07) is 12.8. The van der Waals surface area contributed by atoms with Crippen LogP contribution in [0.1, 0.15) is 49.8 Å². The van der Waals surface area contributed by atoms with Gasteiger partial charge < -0.3 is 14.5 Å². The number of amides is 1. The molecule has 0 aromatic heterocycles. The van der Waals surface area contributed by atoms with Gasteiger partial charge in [0, 0.05) is 44.1 Å². The standard InChI is InChI=1S/C29H36N4O2S/c1-19-15-25-24(20(2)18-29(3,4)32(25)6)16-21(19)17-26-27(34)31(5)28(36-26)30-22-7-9-23(10-8-22)33-11-13-35-14-12-33/h7-10,15-17,20H,11-14,18H2,1-6H3/b26-17-,30-28?. The van der Waals surface area contributed by atoms with Gasteiger partial charge in [0.05, 0.1) is 23.8 Å². The Labute approximate surface area is 219 Å². The molecular weight excluding hydrogens is 468 g/mol. The summed E-state index contributed by atoms with van der Waals surface area (Å²) in [7, 11) is 3.99. The van der Waals surface area contributed by atoms with E-state index in [0.29, 0.717) is 16.0 Å². The van der Waals surface area contributed by atoms with Crippen molar-refractivity contribution in [1.29, 1.82) is 0 Å². The summed E-state index contributed by atoms with van der Waals surface area (Å²) >= 11 is 1.45. The van der Waals surface area contributed by atoms with Crippen molar-refractivity contribution >= 4 is 46.0 Å². The predicted molar refractivity (Wildman–Crippen MR) is 152 cm³/mol. The second kappa shape index (κ2) is 9.60. The number of anilines is 2. The first kappa shape index (κ1) is 24.9. The topological polar surface area (TPSA) is 48.4 Å². The highest BCUT2D eigenvalue weighted by molar-refractivity contribution is 8.18. The maximum atomic E-state index is 13.1. The van der Waals surface area contributed by atoms with Crippen molar-refractivity contribution in [1.82, 2.24) is 4.90 Å². The van der Waals surface area contributed by atoms with E-state index in [2.05, 4.69) is 68.8 Å². The van der Waals surface area contributed by atoms with E-state index >= 15 is 0 Å². The number of carbonyl (C=O) groups excluding carboxylic acids is 1. The van der Waals surface area contributed by atoms with Gasteiger partial charge in [-0.2, -0.15) is 0 Å². The van der Waals surface area contributed by atoms with Crippen molar-refractivity contribution in [3.05, 3.63) is 58.0 Å². The summed E-state index contributed by atoms with van der Waals surface area (Å²) in [5.41, 5.74) is 7.09. The third-order valence-electron chi connectivity index (χ3n) is 7.76. The van der Waals surface area contributed by atoms with Crippen LogP contribution in [-0.2, 0) is 9.53 Å². The molecule has 5 rings (SSSR count). The molecular formula is C29H36N4O2S. The van der Waals surface area contributed by atoms with E-state index in [1.807, 2.05) is 18.2 Å². The Kier molecular flexibility index (Phi) is 6.64. The maximum absolute atomic E-state index is 13.1. The normalized spacial score (nSPS) is 24.1. The number of morpholine rings is 1. The lowest BCUT2D eigenvalue weighted by Gasteiger charge is -2.45. The number of amidine groups is 1. The van der Waals surface area contributed by atoms with Gasteiger partial charge in [-0.25, -0.2) is 4.99 Å². The van der Waals surface area contributed by atoms with Gasteiger partial charge in [-0.05, 0) is 104 Å². The van der Waals surface area contributed by atoms with Crippen LogP contribution in [0.25, 0.3) is 6.08 Å². The minimum atomic E-state index is -0.00731. The number of aliphatic imine (C=N–C) groups is 1. The number of benzene rings is 2. The molecule has 36 heavy (non-hydrogen) atoms. The number of carbonyl (C=O) groups is 1. The number of rotatable bonds is 3. The molecule has 0 spiro atoms. The highest BCUT2D eigenvalue weighted by Gasteiger charge is 2.35. The Balaban J connectivity index is 1.39. The lowest BCUT2D eigenvalue weighted by molar-refractivity contribution is -0.121. The number of nitrogens with zero attached hydrogens (tertiary/aromatic N) is 4. The maximum Gasteiger partial charge on any atom is 0.266 e. The Morgan fingerprint density at radius 2 is 1.81 bits per heavy atom. The van der Waals surface area contributed by atoms with Crippen LogP contribution in [0.4, 0.5) is 17.1 Å². The molecule has 0 radical (unpaired) electrons. The van der Waals surface area contributed by atoms with Crippen LogP contribution in [0.2, 0.25) is 0 Å². The molecule has 2 saturated heterocycles. The highest BCUT2D eigenvalue weighted by Crippen LogP contribution is 2.44. The van der Waals surface area contributed by atoms with Gasteiger partial charge >= 0.3 is 0 Å². The fraction of sp³-hybridized carbons (Fsp3) is 0.448. The summed E-state index contributed by atoms with van der Waals surface area (Å²) < 4.78 is 5.45. The Bertz CT molecular complexity index is 1230. The van der Waals surface area contributed by atoms with Gasteiger partial charge in [0.15, 0.2) is 5.17 Å². The van der Waals surface area contributed by atoms with Crippen LogP contribution >= 0.6 is 11.8 Å². The molecule has 6 nitrogen and oxygen atoms in total. The summed E-state index contributed by atoms with van der Waals surface area (Å²) in [4.78, 5) is 25.0. The van der Waals surface area contributed by atoms with E-state index in [9.17, 15) is 4.79 Å². The van der Waals surface area contributed by atoms with Crippen LogP contribution in [-0.4, -0.2) is 61.9 Å². The number of fused-ring (bicyclic) bond motifs is 1. The van der Waals surface area contributed by atoms with Crippen LogP contribution in [0.5, 0.6) is 0 Å². The molecule has 0 aliphatic carbocycles. The molecule has 1 unspecified atom stereocenters. The summed E-state index contributed by atoms with van der Waals surface area (Å²) in [5.74, 6) is 0.461. The highest BCUT2D eigenvalue weighted by atomic mass is 32.2. The van der Waals surface area contributed by atoms with Crippen LogP contribution in [0.3, 0.4) is 0 Å². The first-order valence-electron chi connectivity index (χ1n) is 12.7. The number of hydrogen-bond donors (Lipinski definition) is 0. The lowest BCUT2D eigenvalue weighted by atomic mass is 9.79. The molecule has 0 N–H and O–H groups in total. The first-order chi connectivity index (χ1) is 17.1. The van der Waals surface area contributed by atoms with Crippen molar-refractivity contribution in [3.63, 3.8) is 0 Å². The monoisotopic (exact) mass is 504 g/mol. The molecule has 1 amide bonds. The van der Waals surface area contributed by atoms with Gasteiger partial charge in [-0.3, -0.25) is 9.69 Å². The van der Waals surface area contributed by atoms with Gasteiger partial charge in [-0.1, -0.05) is 6.92 Å². The Morgan fingerprint density at radius 1 is 1.11 bits per heavy atom. The molecule has 190 valence electrons. The van der Waals surface area contributed by atoms with E-state index in [-0.39, 0.29) is 11.4 Å². The average molecular weight is 505 g/mol. The van der Waals surface area contributed by atoms with Crippen molar-refractivity contribution in [2.75, 3.05) is 50.2 Å². The van der Waals surface area contributed by atoms with Crippen molar-refractivity contribution in [2.45, 2.75) is 45.6 Å². The van der Waals surface area contributed by atoms with E-state index < -0.39 is 0 Å². The number of ether oxygens (including phenoxy) is 1. The number of thioether (sulfide) groups is 1. The van der Waals surface area contributed by atoms with Crippen molar-refractivity contribution in [3.8, 4) is 0 Å². The minimum Gasteiger partial charge on any atom is -0.378 e. The van der Waals surface area contributed by atoms with Gasteiger partial charge in [0.2, 0.25) is 0 Å². The second-order valence-electron chi connectivity index (χ2n) is 10.7. The first-order valence-corrected chi connectivity index (χ1v) is 13.5. The Hall–Kier alpha value is -2.77. The molecule has 2 aromatic carbocycles. The summed E-state index contributed by atoms with van der Waals surface area (Å²) in [6.45, 7) is 12.4. The molecule has 2 fully saturated rings. The van der Waals surface area contributed by atoms with Gasteiger partial charge in [0.25, 0.3) is 5.91 Å². The minimum absolute atomic E-state index is 0.00731. The molecule has 0 bridgehead atoms. The van der Waals surface area contributed by atoms with Gasteiger partial charge in [0.1, 0.15) is 0 Å². The molecule has 0 saturated carbocycles. The van der Waals surface area contributed by atoms with E-state index in [1.165, 1.54) is 34.3 Å². The van der Waals surface area contributed by atoms with Crippen LogP contribution in [0, 0.1) is 6.92 Å². The second-order valence-corrected chi connectivity index (χ2v) is 11.7. The smallest absolute Gasteiger partial charge is 0.266 e. The zero-order valence-electron chi connectivity index (χ0n) is 22.2. The molecule has 3 aliphatic rings. The summed E-state index contributed by atoms with van der Waals surface area (Å²) in [6.07, 6.45) is 3.14. The molecule has 3 heterocycles. The quantitative estimate of drug-likeness (QED) is 0.496. The van der Waals surface area contributed by atoms with E-state index in [4.69, 9.17) is 9.73 Å². The largest absolute Gasteiger partial charge is 0.378 e. The lowest BCUT2D eigenvalue weighted by Crippen LogP contribution is -2.45. The third kappa shape index (κ3) is 4.66. The van der Waals surface area contributed by atoms with Crippen molar-refractivity contribution in [2.24, 2.45) is 4.99 Å². The average Bonchev–Trinajstić information content (AvgIpc) is 3.12. The summed E-state index contributed by atoms with van der Waals surface area (Å²) in [5, 5.41) is 0.704. The predicted octanol–water partition coefficient (Wildman–Crippen LogP) is 5.79. The fourth-order valence-corrected chi connectivity index (χ4v) is 6.33. The fourth-order valence-electron chi connectivity index (χ4n) is 5.35. The van der Waals surface area contributed by atoms with Gasteiger partial charge in [-0.15, -0.1) is 0 Å². The molecule has 1 atom stereocenters. The van der Waals surface area contributed by atoms with E-state index in [0.717, 1.165) is 44.0 Å².